The highest BCUT2D eigenvalue weighted by molar-refractivity contribution is 6.18. The summed E-state index contributed by atoms with van der Waals surface area (Å²) in [4.78, 5) is 11.3. The van der Waals surface area contributed by atoms with Gasteiger partial charge >= 0.3 is 0 Å². The van der Waals surface area contributed by atoms with Crippen LogP contribution in [-0.2, 0) is 7.05 Å². The van der Waals surface area contributed by atoms with E-state index >= 15 is 0 Å². The molecule has 0 saturated carbocycles. The minimum Gasteiger partial charge on any atom is -0.292 e. The summed E-state index contributed by atoms with van der Waals surface area (Å²) in [6.45, 7) is 0. The maximum atomic E-state index is 11.3. The van der Waals surface area contributed by atoms with E-state index in [1.54, 1.807) is 7.05 Å². The molecule has 1 aromatic heterocycles. The van der Waals surface area contributed by atoms with Gasteiger partial charge in [0.05, 0.1) is 6.20 Å². The van der Waals surface area contributed by atoms with Gasteiger partial charge in [-0.15, -0.1) is 16.7 Å². The number of hydrogen-bond acceptors (Lipinski definition) is 3. The van der Waals surface area contributed by atoms with Crippen LogP contribution in [0.2, 0.25) is 0 Å². The van der Waals surface area contributed by atoms with Crippen molar-refractivity contribution in [2.45, 2.75) is 12.8 Å². The van der Waals surface area contributed by atoms with Gasteiger partial charge in [0.15, 0.2) is 5.78 Å². The molecule has 5 heteroatoms. The first-order valence-corrected chi connectivity index (χ1v) is 4.23. The van der Waals surface area contributed by atoms with Crippen LogP contribution in [-0.4, -0.2) is 26.7 Å². The molecule has 0 radical (unpaired) electrons. The molecule has 0 saturated heterocycles. The number of ketones is 1. The van der Waals surface area contributed by atoms with E-state index in [4.69, 9.17) is 11.6 Å². The van der Waals surface area contributed by atoms with Crippen LogP contribution in [0.5, 0.6) is 0 Å². The van der Waals surface area contributed by atoms with Gasteiger partial charge in [0.1, 0.15) is 5.69 Å². The Kier molecular flexibility index (Phi) is 3.22. The molecule has 0 fully saturated rings. The minimum absolute atomic E-state index is 0.0446. The third-order valence-electron chi connectivity index (χ3n) is 1.54. The van der Waals surface area contributed by atoms with E-state index in [1.165, 1.54) is 10.9 Å². The molecule has 66 valence electrons. The Hall–Kier alpha value is -0.900. The van der Waals surface area contributed by atoms with Gasteiger partial charge in [-0.2, -0.15) is 0 Å². The molecule has 0 bridgehead atoms. The number of rotatable bonds is 4. The number of nitrogens with zero attached hydrogens (tertiary/aromatic N) is 3. The molecule has 0 atom stereocenters. The average molecular weight is 188 g/mol. The molecule has 0 N–H and O–H groups in total. The van der Waals surface area contributed by atoms with Crippen LogP contribution >= 0.6 is 11.6 Å². The van der Waals surface area contributed by atoms with Crippen molar-refractivity contribution in [3.63, 3.8) is 0 Å². The van der Waals surface area contributed by atoms with E-state index in [-0.39, 0.29) is 5.78 Å². The molecule has 0 aliphatic rings. The standard InChI is InChI=1S/C7H10ClN3O/c1-11-6(5-9-10-11)7(12)3-2-4-8/h5H,2-4H2,1H3. The zero-order valence-electron chi connectivity index (χ0n) is 6.83. The summed E-state index contributed by atoms with van der Waals surface area (Å²) in [7, 11) is 1.70. The lowest BCUT2D eigenvalue weighted by molar-refractivity contribution is 0.0973. The quantitative estimate of drug-likeness (QED) is 0.522. The number of aryl methyl sites for hydroxylation is 1. The Balaban J connectivity index is 2.59. The summed E-state index contributed by atoms with van der Waals surface area (Å²) in [5, 5.41) is 7.27. The van der Waals surface area contributed by atoms with Crippen molar-refractivity contribution in [2.75, 3.05) is 5.88 Å². The average Bonchev–Trinajstić information content (AvgIpc) is 2.47. The fourth-order valence-electron chi connectivity index (χ4n) is 0.898. The van der Waals surface area contributed by atoms with Crippen LogP contribution in [0.4, 0.5) is 0 Å². The lowest BCUT2D eigenvalue weighted by Crippen LogP contribution is -2.06. The minimum atomic E-state index is 0.0446. The summed E-state index contributed by atoms with van der Waals surface area (Å²) < 4.78 is 1.47. The predicted molar refractivity (Wildman–Crippen MR) is 45.3 cm³/mol. The van der Waals surface area contributed by atoms with Crippen molar-refractivity contribution >= 4 is 17.4 Å². The monoisotopic (exact) mass is 187 g/mol. The summed E-state index contributed by atoms with van der Waals surface area (Å²) in [6, 6.07) is 0. The molecule has 0 spiro atoms. The van der Waals surface area contributed by atoms with Crippen LogP contribution < -0.4 is 0 Å². The van der Waals surface area contributed by atoms with Crippen molar-refractivity contribution in [3.8, 4) is 0 Å². The predicted octanol–water partition coefficient (Wildman–Crippen LogP) is 1.02. The third kappa shape index (κ3) is 2.04. The van der Waals surface area contributed by atoms with Gasteiger partial charge in [-0.1, -0.05) is 5.21 Å². The van der Waals surface area contributed by atoms with Gasteiger partial charge in [0.25, 0.3) is 0 Å². The molecule has 1 aromatic rings. The molecular weight excluding hydrogens is 178 g/mol. The maximum Gasteiger partial charge on any atom is 0.182 e. The number of aromatic nitrogens is 3. The smallest absolute Gasteiger partial charge is 0.182 e. The number of carbonyl (C=O) groups is 1. The van der Waals surface area contributed by atoms with Crippen LogP contribution in [0.3, 0.4) is 0 Å². The third-order valence-corrected chi connectivity index (χ3v) is 1.80. The highest BCUT2D eigenvalue weighted by Crippen LogP contribution is 2.02. The SMILES string of the molecule is Cn1nncc1C(=O)CCCCl. The fourth-order valence-corrected chi connectivity index (χ4v) is 1.03. The number of alkyl halides is 1. The second kappa shape index (κ2) is 4.21. The molecule has 0 aliphatic carbocycles. The molecule has 0 aliphatic heterocycles. The van der Waals surface area contributed by atoms with Crippen LogP contribution in [0.1, 0.15) is 23.3 Å². The Morgan fingerprint density at radius 2 is 2.50 bits per heavy atom. The summed E-state index contributed by atoms with van der Waals surface area (Å²) >= 11 is 5.46. The first-order chi connectivity index (χ1) is 5.75. The van der Waals surface area contributed by atoms with Gasteiger partial charge in [0, 0.05) is 19.3 Å². The van der Waals surface area contributed by atoms with Crippen molar-refractivity contribution < 1.29 is 4.79 Å². The van der Waals surface area contributed by atoms with E-state index in [2.05, 4.69) is 10.3 Å². The Morgan fingerprint density at radius 3 is 3.00 bits per heavy atom. The Morgan fingerprint density at radius 1 is 1.75 bits per heavy atom. The van der Waals surface area contributed by atoms with E-state index in [0.717, 1.165) is 0 Å². The van der Waals surface area contributed by atoms with E-state index in [1.807, 2.05) is 0 Å². The fraction of sp³-hybridized carbons (Fsp3) is 0.571. The highest BCUT2D eigenvalue weighted by Gasteiger charge is 2.09. The molecule has 0 aromatic carbocycles. The molecule has 1 heterocycles. The van der Waals surface area contributed by atoms with E-state index in [0.29, 0.717) is 24.4 Å². The molecule has 4 nitrogen and oxygen atoms in total. The molecule has 12 heavy (non-hydrogen) atoms. The first kappa shape index (κ1) is 9.19. The molecule has 0 amide bonds. The molecular formula is C7H10ClN3O. The van der Waals surface area contributed by atoms with Crippen LogP contribution in [0, 0.1) is 0 Å². The van der Waals surface area contributed by atoms with Gasteiger partial charge in [-0.3, -0.25) is 4.79 Å². The summed E-state index contributed by atoms with van der Waals surface area (Å²) in [5.74, 6) is 0.556. The van der Waals surface area contributed by atoms with Gasteiger partial charge in [0.2, 0.25) is 0 Å². The molecule has 1 rings (SSSR count). The number of Topliss-reactive ketones (excluding diaryl/α,β-unsaturated/α-hetero) is 1. The topological polar surface area (TPSA) is 47.8 Å². The van der Waals surface area contributed by atoms with Crippen LogP contribution in [0.15, 0.2) is 6.20 Å². The lowest BCUT2D eigenvalue weighted by atomic mass is 10.2. The number of hydrogen-bond donors (Lipinski definition) is 0. The van der Waals surface area contributed by atoms with Crippen molar-refractivity contribution in [1.29, 1.82) is 0 Å². The Labute approximate surface area is 75.5 Å². The summed E-state index contributed by atoms with van der Waals surface area (Å²) in [5.41, 5.74) is 0.542. The zero-order valence-corrected chi connectivity index (χ0v) is 7.58. The van der Waals surface area contributed by atoms with Gasteiger partial charge in [-0.25, -0.2) is 4.68 Å². The zero-order chi connectivity index (χ0) is 8.97. The summed E-state index contributed by atoms with van der Waals surface area (Å²) in [6.07, 6.45) is 2.63. The number of halogens is 1. The second-order valence-electron chi connectivity index (χ2n) is 2.46. The van der Waals surface area contributed by atoms with E-state index in [9.17, 15) is 4.79 Å². The van der Waals surface area contributed by atoms with Gasteiger partial charge < -0.3 is 0 Å². The number of carbonyl (C=O) groups excluding carboxylic acids is 1. The van der Waals surface area contributed by atoms with Gasteiger partial charge in [-0.05, 0) is 6.42 Å². The van der Waals surface area contributed by atoms with Crippen molar-refractivity contribution in [2.24, 2.45) is 7.05 Å². The largest absolute Gasteiger partial charge is 0.292 e. The molecule has 0 unspecified atom stereocenters. The first-order valence-electron chi connectivity index (χ1n) is 3.69. The van der Waals surface area contributed by atoms with Crippen molar-refractivity contribution in [1.82, 2.24) is 15.0 Å². The lowest BCUT2D eigenvalue weighted by Gasteiger charge is -1.97. The van der Waals surface area contributed by atoms with Crippen LogP contribution in [0.25, 0.3) is 0 Å². The normalized spacial score (nSPS) is 10.2. The van der Waals surface area contributed by atoms with E-state index < -0.39 is 0 Å². The maximum absolute atomic E-state index is 11.3. The highest BCUT2D eigenvalue weighted by atomic mass is 35.5. The second-order valence-corrected chi connectivity index (χ2v) is 2.84. The van der Waals surface area contributed by atoms with Crippen molar-refractivity contribution in [3.05, 3.63) is 11.9 Å². The Bertz CT molecular complexity index is 271.